The first-order chi connectivity index (χ1) is 9.24. The molecule has 1 aliphatic carbocycles. The minimum atomic E-state index is 0.598. The molecule has 1 aromatic carbocycles. The molecule has 0 unspecified atom stereocenters. The molecule has 1 aromatic rings. The molecule has 0 amide bonds. The molecule has 0 fully saturated rings. The highest BCUT2D eigenvalue weighted by Crippen LogP contribution is 2.23. The Morgan fingerprint density at radius 2 is 1.79 bits per heavy atom. The number of nitriles is 1. The number of hydrogen-bond donors (Lipinski definition) is 0. The number of hydrogen-bond acceptors (Lipinski definition) is 3. The topological polar surface area (TPSA) is 45.4 Å². The number of nitrogens with zero attached hydrogens (tertiary/aromatic N) is 2. The van der Waals surface area contributed by atoms with Gasteiger partial charge in [0.2, 0.25) is 0 Å². The minimum absolute atomic E-state index is 0.598. The van der Waals surface area contributed by atoms with Gasteiger partial charge in [-0.25, -0.2) is 0 Å². The molecule has 0 atom stereocenters. The van der Waals surface area contributed by atoms with Crippen molar-refractivity contribution in [2.75, 3.05) is 7.11 Å². The summed E-state index contributed by atoms with van der Waals surface area (Å²) < 4.78 is 0. The van der Waals surface area contributed by atoms with Gasteiger partial charge in [0.1, 0.15) is 18.9 Å². The van der Waals surface area contributed by atoms with Gasteiger partial charge in [0.25, 0.3) is 0 Å². The number of halogens is 1. The van der Waals surface area contributed by atoms with E-state index in [4.69, 9.17) is 16.4 Å². The van der Waals surface area contributed by atoms with Crippen molar-refractivity contribution in [3.05, 3.63) is 64.7 Å². The van der Waals surface area contributed by atoms with E-state index in [2.05, 4.69) is 11.2 Å². The van der Waals surface area contributed by atoms with Crippen LogP contribution in [0.25, 0.3) is 5.57 Å². The average Bonchev–Trinajstić information content (AvgIpc) is 2.44. The summed E-state index contributed by atoms with van der Waals surface area (Å²) in [5, 5.41) is 13.8. The molecule has 0 bridgehead atoms. The summed E-state index contributed by atoms with van der Waals surface area (Å²) in [5.41, 5.74) is 2.98. The van der Waals surface area contributed by atoms with E-state index < -0.39 is 0 Å². The second-order valence-corrected chi connectivity index (χ2v) is 4.25. The van der Waals surface area contributed by atoms with Crippen LogP contribution in [-0.4, -0.2) is 12.8 Å². The van der Waals surface area contributed by atoms with E-state index in [1.165, 1.54) is 7.11 Å². The SMILES string of the molecule is CON=C1C=CC(=C(C#N)c2ccc(Cl)cc2)C=C1. The zero-order valence-electron chi connectivity index (χ0n) is 10.3. The molecule has 0 aromatic heterocycles. The third-order valence-electron chi connectivity index (χ3n) is 2.60. The largest absolute Gasteiger partial charge is 0.399 e. The van der Waals surface area contributed by atoms with Crippen molar-refractivity contribution in [2.24, 2.45) is 5.16 Å². The molecule has 0 saturated carbocycles. The van der Waals surface area contributed by atoms with Gasteiger partial charge in [-0.2, -0.15) is 5.26 Å². The molecule has 3 nitrogen and oxygen atoms in total. The first-order valence-electron chi connectivity index (χ1n) is 5.62. The van der Waals surface area contributed by atoms with E-state index in [1.54, 1.807) is 24.3 Å². The Bertz CT molecular complexity index is 613. The third kappa shape index (κ3) is 3.12. The average molecular weight is 271 g/mol. The van der Waals surface area contributed by atoms with Gasteiger partial charge in [0.05, 0.1) is 5.57 Å². The van der Waals surface area contributed by atoms with Crippen LogP contribution >= 0.6 is 11.6 Å². The number of benzene rings is 1. The highest BCUT2D eigenvalue weighted by atomic mass is 35.5. The smallest absolute Gasteiger partial charge is 0.106 e. The molecule has 0 N–H and O–H groups in total. The maximum atomic E-state index is 9.31. The lowest BCUT2D eigenvalue weighted by Crippen LogP contribution is -1.96. The molecule has 19 heavy (non-hydrogen) atoms. The van der Waals surface area contributed by atoms with Crippen molar-refractivity contribution in [3.8, 4) is 6.07 Å². The van der Waals surface area contributed by atoms with Gasteiger partial charge < -0.3 is 4.84 Å². The van der Waals surface area contributed by atoms with Crippen molar-refractivity contribution in [1.29, 1.82) is 5.26 Å². The molecule has 0 radical (unpaired) electrons. The first kappa shape index (κ1) is 13.1. The fraction of sp³-hybridized carbons (Fsp3) is 0.0667. The Hall–Kier alpha value is -2.31. The van der Waals surface area contributed by atoms with Crippen LogP contribution in [0.1, 0.15) is 5.56 Å². The molecule has 0 heterocycles. The minimum Gasteiger partial charge on any atom is -0.399 e. The van der Waals surface area contributed by atoms with Crippen LogP contribution in [0.5, 0.6) is 0 Å². The summed E-state index contributed by atoms with van der Waals surface area (Å²) in [6.07, 6.45) is 7.27. The van der Waals surface area contributed by atoms with Crippen molar-refractivity contribution in [2.45, 2.75) is 0 Å². The first-order valence-corrected chi connectivity index (χ1v) is 6.00. The summed E-state index contributed by atoms with van der Waals surface area (Å²) in [4.78, 5) is 4.69. The van der Waals surface area contributed by atoms with Crippen molar-refractivity contribution in [1.82, 2.24) is 0 Å². The second-order valence-electron chi connectivity index (χ2n) is 3.81. The predicted octanol–water partition coefficient (Wildman–Crippen LogP) is 3.75. The van der Waals surface area contributed by atoms with Crippen molar-refractivity contribution in [3.63, 3.8) is 0 Å². The summed E-state index contributed by atoms with van der Waals surface area (Å²) >= 11 is 5.84. The molecule has 0 spiro atoms. The lowest BCUT2D eigenvalue weighted by molar-refractivity contribution is 0.214. The van der Waals surface area contributed by atoms with Crippen LogP contribution < -0.4 is 0 Å². The Kier molecular flexibility index (Phi) is 4.17. The second kappa shape index (κ2) is 6.03. The lowest BCUT2D eigenvalue weighted by atomic mass is 9.97. The van der Waals surface area contributed by atoms with Gasteiger partial charge in [-0.15, -0.1) is 0 Å². The summed E-state index contributed by atoms with van der Waals surface area (Å²) in [5.74, 6) is 0. The zero-order chi connectivity index (χ0) is 13.7. The Balaban J connectivity index is 2.38. The highest BCUT2D eigenvalue weighted by molar-refractivity contribution is 6.30. The molecule has 0 saturated heterocycles. The Morgan fingerprint density at radius 3 is 2.32 bits per heavy atom. The summed E-state index contributed by atoms with van der Waals surface area (Å²) in [6, 6.07) is 9.41. The van der Waals surface area contributed by atoms with E-state index in [-0.39, 0.29) is 0 Å². The number of oxime groups is 1. The quantitative estimate of drug-likeness (QED) is 0.607. The van der Waals surface area contributed by atoms with Gasteiger partial charge in [-0.05, 0) is 35.4 Å². The summed E-state index contributed by atoms with van der Waals surface area (Å²) in [7, 11) is 1.49. The van der Waals surface area contributed by atoms with Crippen molar-refractivity contribution >= 4 is 22.9 Å². The fourth-order valence-electron chi connectivity index (χ4n) is 1.71. The number of rotatable bonds is 2. The highest BCUT2D eigenvalue weighted by Gasteiger charge is 2.08. The monoisotopic (exact) mass is 270 g/mol. The van der Waals surface area contributed by atoms with Crippen LogP contribution in [0.15, 0.2) is 59.3 Å². The fourth-order valence-corrected chi connectivity index (χ4v) is 1.83. The number of allylic oxidation sites excluding steroid dienone is 6. The zero-order valence-corrected chi connectivity index (χ0v) is 11.1. The van der Waals surface area contributed by atoms with E-state index in [9.17, 15) is 5.26 Å². The standard InChI is InChI=1S/C15H11ClN2O/c1-19-18-14-8-4-12(5-9-14)15(10-17)11-2-6-13(16)7-3-11/h2-9H,1H3. The molecular formula is C15H11ClN2O. The normalized spacial score (nSPS) is 13.1. The molecule has 4 heteroatoms. The maximum Gasteiger partial charge on any atom is 0.106 e. The van der Waals surface area contributed by atoms with Gasteiger partial charge >= 0.3 is 0 Å². The van der Waals surface area contributed by atoms with Crippen LogP contribution in [0.4, 0.5) is 0 Å². The molecule has 94 valence electrons. The summed E-state index contributed by atoms with van der Waals surface area (Å²) in [6.45, 7) is 0. The van der Waals surface area contributed by atoms with Crippen molar-refractivity contribution < 1.29 is 4.84 Å². The van der Waals surface area contributed by atoms with E-state index in [0.717, 1.165) is 11.1 Å². The van der Waals surface area contributed by atoms with E-state index >= 15 is 0 Å². The molecule has 2 rings (SSSR count). The predicted molar refractivity (Wildman–Crippen MR) is 76.7 cm³/mol. The lowest BCUT2D eigenvalue weighted by Gasteiger charge is -2.06. The molecule has 1 aliphatic rings. The van der Waals surface area contributed by atoms with E-state index in [0.29, 0.717) is 16.3 Å². The van der Waals surface area contributed by atoms with Crippen LogP contribution in [0.3, 0.4) is 0 Å². The van der Waals surface area contributed by atoms with Crippen LogP contribution in [-0.2, 0) is 4.84 Å². The van der Waals surface area contributed by atoms with Gasteiger partial charge in [0.15, 0.2) is 0 Å². The Morgan fingerprint density at radius 1 is 1.16 bits per heavy atom. The maximum absolute atomic E-state index is 9.31. The van der Waals surface area contributed by atoms with Gasteiger partial charge in [-0.1, -0.05) is 41.0 Å². The van der Waals surface area contributed by atoms with Gasteiger partial charge in [-0.3, -0.25) is 0 Å². The Labute approximate surface area is 116 Å². The van der Waals surface area contributed by atoms with Crippen LogP contribution in [0.2, 0.25) is 5.02 Å². The van der Waals surface area contributed by atoms with E-state index in [1.807, 2.05) is 24.3 Å². The molecular weight excluding hydrogens is 260 g/mol. The molecule has 0 aliphatic heterocycles. The van der Waals surface area contributed by atoms with Gasteiger partial charge in [0, 0.05) is 5.02 Å². The van der Waals surface area contributed by atoms with Crippen LogP contribution in [0, 0.1) is 11.3 Å². The third-order valence-corrected chi connectivity index (χ3v) is 2.85.